The largest absolute Gasteiger partial charge is 0.312 e. The molecule has 0 fully saturated rings. The van der Waals surface area contributed by atoms with Crippen molar-refractivity contribution in [1.82, 2.24) is 0 Å². The van der Waals surface area contributed by atoms with Gasteiger partial charge in [0.2, 0.25) is 5.91 Å². The van der Waals surface area contributed by atoms with Gasteiger partial charge in [-0.25, -0.2) is 0 Å². The molecule has 1 aromatic carbocycles. The van der Waals surface area contributed by atoms with Crippen molar-refractivity contribution in [3.05, 3.63) is 29.3 Å². The normalized spacial score (nSPS) is 15.2. The fourth-order valence-corrected chi connectivity index (χ4v) is 3.14. The Hall–Kier alpha value is -1.16. The molecule has 1 unspecified atom stereocenters. The van der Waals surface area contributed by atoms with Gasteiger partial charge in [-0.2, -0.15) is 0 Å². The summed E-state index contributed by atoms with van der Waals surface area (Å²) in [6.45, 7) is 6.68. The van der Waals surface area contributed by atoms with Crippen LogP contribution in [0.5, 0.6) is 0 Å². The highest BCUT2D eigenvalue weighted by Gasteiger charge is 2.29. The van der Waals surface area contributed by atoms with Crippen LogP contribution < -0.4 is 4.90 Å². The summed E-state index contributed by atoms with van der Waals surface area (Å²) in [6.07, 6.45) is 2.58. The number of nitrogens with zero attached hydrogens (tertiary/aromatic N) is 1. The van der Waals surface area contributed by atoms with E-state index in [4.69, 9.17) is 0 Å². The maximum atomic E-state index is 12.5. The molecule has 1 atom stereocenters. The standard InChI is InChI=1S/C17H22BrNO2/c1-4-12(5-2)17(21)19-9-8-13-10-14(6-7-15(13)19)16(20)11(3)18/h6-7,10-12H,4-5,8-9H2,1-3H3. The number of carbonyl (C=O) groups is 2. The molecule has 1 heterocycles. The molecular weight excluding hydrogens is 330 g/mol. The van der Waals surface area contributed by atoms with Crippen molar-refractivity contribution in [3.63, 3.8) is 0 Å². The lowest BCUT2D eigenvalue weighted by Crippen LogP contribution is -2.34. The third-order valence-corrected chi connectivity index (χ3v) is 4.64. The van der Waals surface area contributed by atoms with Gasteiger partial charge in [0.25, 0.3) is 0 Å². The second kappa shape index (κ2) is 6.73. The number of ketones is 1. The van der Waals surface area contributed by atoms with Crippen LogP contribution in [0.4, 0.5) is 5.69 Å². The highest BCUT2D eigenvalue weighted by molar-refractivity contribution is 9.10. The van der Waals surface area contributed by atoms with E-state index in [1.165, 1.54) is 0 Å². The van der Waals surface area contributed by atoms with E-state index < -0.39 is 0 Å². The van der Waals surface area contributed by atoms with Crippen LogP contribution in [0.15, 0.2) is 18.2 Å². The van der Waals surface area contributed by atoms with Gasteiger partial charge in [0.05, 0.1) is 4.83 Å². The minimum absolute atomic E-state index is 0.0857. The summed E-state index contributed by atoms with van der Waals surface area (Å²) in [5.74, 6) is 0.397. The quantitative estimate of drug-likeness (QED) is 0.594. The van der Waals surface area contributed by atoms with Crippen molar-refractivity contribution in [2.24, 2.45) is 5.92 Å². The Morgan fingerprint density at radius 2 is 1.95 bits per heavy atom. The van der Waals surface area contributed by atoms with E-state index >= 15 is 0 Å². The Kier molecular flexibility index (Phi) is 5.20. The van der Waals surface area contributed by atoms with E-state index in [9.17, 15) is 9.59 Å². The second-order valence-corrected chi connectivity index (χ2v) is 6.95. The fraction of sp³-hybridized carbons (Fsp3) is 0.529. The number of Topliss-reactive ketones (excluding diaryl/α,β-unsaturated/α-hetero) is 1. The molecule has 1 aromatic rings. The molecule has 3 nitrogen and oxygen atoms in total. The number of fused-ring (bicyclic) bond motifs is 1. The van der Waals surface area contributed by atoms with Crippen LogP contribution in [0, 0.1) is 5.92 Å². The van der Waals surface area contributed by atoms with E-state index in [1.54, 1.807) is 0 Å². The van der Waals surface area contributed by atoms with Crippen LogP contribution in [-0.2, 0) is 11.2 Å². The molecule has 21 heavy (non-hydrogen) atoms. The SMILES string of the molecule is CCC(CC)C(=O)N1CCc2cc(C(=O)C(C)Br)ccc21. The number of hydrogen-bond acceptors (Lipinski definition) is 2. The van der Waals surface area contributed by atoms with E-state index in [0.717, 1.165) is 42.6 Å². The van der Waals surface area contributed by atoms with E-state index in [-0.39, 0.29) is 22.4 Å². The number of halogens is 1. The first-order valence-electron chi connectivity index (χ1n) is 7.62. The van der Waals surface area contributed by atoms with Crippen LogP contribution in [0.3, 0.4) is 0 Å². The van der Waals surface area contributed by atoms with Crippen molar-refractivity contribution in [1.29, 1.82) is 0 Å². The molecule has 0 bridgehead atoms. The topological polar surface area (TPSA) is 37.4 Å². The lowest BCUT2D eigenvalue weighted by atomic mass is 10.0. The zero-order valence-electron chi connectivity index (χ0n) is 12.9. The Balaban J connectivity index is 2.26. The number of rotatable bonds is 5. The number of hydrogen-bond donors (Lipinski definition) is 0. The smallest absolute Gasteiger partial charge is 0.230 e. The number of benzene rings is 1. The average Bonchev–Trinajstić information content (AvgIpc) is 2.90. The molecule has 0 saturated carbocycles. The highest BCUT2D eigenvalue weighted by atomic mass is 79.9. The van der Waals surface area contributed by atoms with E-state index in [1.807, 2.05) is 30.0 Å². The Labute approximate surface area is 134 Å². The summed E-state index contributed by atoms with van der Waals surface area (Å²) in [6, 6.07) is 5.69. The van der Waals surface area contributed by atoms with Gasteiger partial charge in [-0.15, -0.1) is 0 Å². The fourth-order valence-electron chi connectivity index (χ4n) is 2.87. The lowest BCUT2D eigenvalue weighted by Gasteiger charge is -2.22. The molecule has 0 saturated heterocycles. The third-order valence-electron chi connectivity index (χ3n) is 4.22. The first-order chi connectivity index (χ1) is 9.99. The third kappa shape index (κ3) is 3.20. The van der Waals surface area contributed by atoms with Gasteiger partial charge in [-0.3, -0.25) is 9.59 Å². The van der Waals surface area contributed by atoms with Crippen LogP contribution in [0.25, 0.3) is 0 Å². The summed E-state index contributed by atoms with van der Waals surface area (Å²) < 4.78 is 0. The first kappa shape index (κ1) is 16.2. The second-order valence-electron chi connectivity index (χ2n) is 5.58. The molecule has 2 rings (SSSR count). The molecule has 1 amide bonds. The summed E-state index contributed by atoms with van der Waals surface area (Å²) in [7, 11) is 0. The van der Waals surface area contributed by atoms with Gasteiger partial charge in [-0.1, -0.05) is 29.8 Å². The minimum Gasteiger partial charge on any atom is -0.312 e. The summed E-state index contributed by atoms with van der Waals surface area (Å²) in [5.41, 5.74) is 2.80. The summed E-state index contributed by atoms with van der Waals surface area (Å²) >= 11 is 3.32. The van der Waals surface area contributed by atoms with Crippen LogP contribution in [0.2, 0.25) is 0 Å². The Morgan fingerprint density at radius 1 is 1.29 bits per heavy atom. The monoisotopic (exact) mass is 351 g/mol. The number of alkyl halides is 1. The Morgan fingerprint density at radius 3 is 2.52 bits per heavy atom. The first-order valence-corrected chi connectivity index (χ1v) is 8.53. The molecule has 0 aromatic heterocycles. The zero-order valence-corrected chi connectivity index (χ0v) is 14.4. The average molecular weight is 352 g/mol. The zero-order chi connectivity index (χ0) is 15.6. The van der Waals surface area contributed by atoms with Crippen molar-refractivity contribution in [2.75, 3.05) is 11.4 Å². The van der Waals surface area contributed by atoms with Gasteiger partial charge in [0.1, 0.15) is 0 Å². The molecule has 0 aliphatic carbocycles. The number of anilines is 1. The molecule has 1 aliphatic heterocycles. The van der Waals surface area contributed by atoms with Gasteiger partial charge in [-0.05, 0) is 49.9 Å². The molecule has 1 aliphatic rings. The maximum absolute atomic E-state index is 12.5. The van der Waals surface area contributed by atoms with Gasteiger partial charge < -0.3 is 4.90 Å². The maximum Gasteiger partial charge on any atom is 0.230 e. The minimum atomic E-state index is -0.181. The molecule has 0 N–H and O–H groups in total. The molecular formula is C17H22BrNO2. The summed E-state index contributed by atoms with van der Waals surface area (Å²) in [5, 5.41) is 0. The van der Waals surface area contributed by atoms with Crippen LogP contribution in [-0.4, -0.2) is 23.1 Å². The Bertz CT molecular complexity index is 550. The van der Waals surface area contributed by atoms with Gasteiger partial charge in [0, 0.05) is 23.7 Å². The van der Waals surface area contributed by atoms with E-state index in [2.05, 4.69) is 29.8 Å². The summed E-state index contributed by atoms with van der Waals surface area (Å²) in [4.78, 5) is 26.3. The molecule has 0 radical (unpaired) electrons. The number of carbonyl (C=O) groups excluding carboxylic acids is 2. The van der Waals surface area contributed by atoms with Crippen molar-refractivity contribution >= 4 is 33.3 Å². The lowest BCUT2D eigenvalue weighted by molar-refractivity contribution is -0.122. The van der Waals surface area contributed by atoms with Crippen molar-refractivity contribution in [2.45, 2.75) is 44.9 Å². The van der Waals surface area contributed by atoms with E-state index in [0.29, 0.717) is 0 Å². The molecule has 0 spiro atoms. The van der Waals surface area contributed by atoms with Crippen LogP contribution >= 0.6 is 15.9 Å². The van der Waals surface area contributed by atoms with Crippen LogP contribution in [0.1, 0.15) is 49.5 Å². The highest BCUT2D eigenvalue weighted by Crippen LogP contribution is 2.31. The van der Waals surface area contributed by atoms with Gasteiger partial charge >= 0.3 is 0 Å². The van der Waals surface area contributed by atoms with Gasteiger partial charge in [0.15, 0.2) is 5.78 Å². The molecule has 4 heteroatoms. The van der Waals surface area contributed by atoms with Crippen molar-refractivity contribution in [3.8, 4) is 0 Å². The predicted molar refractivity (Wildman–Crippen MR) is 89.3 cm³/mol. The molecule has 114 valence electrons. The van der Waals surface area contributed by atoms with Crippen molar-refractivity contribution < 1.29 is 9.59 Å². The number of amides is 1. The predicted octanol–water partition coefficient (Wildman–Crippen LogP) is 3.98.